The predicted octanol–water partition coefficient (Wildman–Crippen LogP) is 1.88. The standard InChI is InChI=1S/C13H13NO3/c1-14-4-2-3-8-5-9-11(15)7-13(16)17-12(9)6-10(8)14/h5-7,15H,2-4H2,1H3. The van der Waals surface area contributed by atoms with Crippen LogP contribution in [0.15, 0.2) is 27.4 Å². The van der Waals surface area contributed by atoms with Gasteiger partial charge >= 0.3 is 5.63 Å². The molecule has 0 unspecified atom stereocenters. The summed E-state index contributed by atoms with van der Waals surface area (Å²) < 4.78 is 5.11. The Bertz CT molecular complexity index is 645. The lowest BCUT2D eigenvalue weighted by Crippen LogP contribution is -2.24. The SMILES string of the molecule is CN1CCCc2cc3c(O)cc(=O)oc3cc21. The Balaban J connectivity index is 2.35. The smallest absolute Gasteiger partial charge is 0.339 e. The van der Waals surface area contributed by atoms with E-state index in [0.717, 1.165) is 31.1 Å². The summed E-state index contributed by atoms with van der Waals surface area (Å²) in [4.78, 5) is 13.4. The minimum Gasteiger partial charge on any atom is -0.507 e. The van der Waals surface area contributed by atoms with Crippen molar-refractivity contribution in [3.05, 3.63) is 34.2 Å². The normalized spacial score (nSPS) is 15.0. The minimum atomic E-state index is -0.520. The van der Waals surface area contributed by atoms with E-state index in [1.165, 1.54) is 5.56 Å². The maximum absolute atomic E-state index is 11.2. The van der Waals surface area contributed by atoms with Gasteiger partial charge in [0.2, 0.25) is 0 Å². The van der Waals surface area contributed by atoms with Gasteiger partial charge in [0.1, 0.15) is 11.3 Å². The van der Waals surface area contributed by atoms with Crippen molar-refractivity contribution in [3.63, 3.8) is 0 Å². The maximum Gasteiger partial charge on any atom is 0.339 e. The highest BCUT2D eigenvalue weighted by molar-refractivity contribution is 5.87. The van der Waals surface area contributed by atoms with Crippen molar-refractivity contribution in [2.45, 2.75) is 12.8 Å². The van der Waals surface area contributed by atoms with Crippen molar-refractivity contribution in [3.8, 4) is 5.75 Å². The molecule has 1 aromatic carbocycles. The van der Waals surface area contributed by atoms with Gasteiger partial charge in [0.25, 0.3) is 0 Å². The molecular formula is C13H13NO3. The number of rotatable bonds is 0. The van der Waals surface area contributed by atoms with E-state index in [0.29, 0.717) is 11.0 Å². The van der Waals surface area contributed by atoms with Gasteiger partial charge in [-0.1, -0.05) is 0 Å². The summed E-state index contributed by atoms with van der Waals surface area (Å²) in [5.41, 5.74) is 2.20. The fourth-order valence-electron chi connectivity index (χ4n) is 2.41. The first kappa shape index (κ1) is 10.2. The number of fused-ring (bicyclic) bond motifs is 2. The van der Waals surface area contributed by atoms with Gasteiger partial charge in [0.15, 0.2) is 0 Å². The van der Waals surface area contributed by atoms with Gasteiger partial charge < -0.3 is 14.4 Å². The first-order valence-corrected chi connectivity index (χ1v) is 5.66. The van der Waals surface area contributed by atoms with Crippen molar-refractivity contribution < 1.29 is 9.52 Å². The lowest BCUT2D eigenvalue weighted by molar-refractivity contribution is 0.468. The zero-order valence-electron chi connectivity index (χ0n) is 9.56. The molecule has 0 fully saturated rings. The Morgan fingerprint density at radius 2 is 2.18 bits per heavy atom. The first-order valence-electron chi connectivity index (χ1n) is 5.66. The number of hydrogen-bond donors (Lipinski definition) is 1. The summed E-state index contributed by atoms with van der Waals surface area (Å²) >= 11 is 0. The number of hydrogen-bond acceptors (Lipinski definition) is 4. The van der Waals surface area contributed by atoms with Gasteiger partial charge in [-0.15, -0.1) is 0 Å². The topological polar surface area (TPSA) is 53.7 Å². The molecule has 4 nitrogen and oxygen atoms in total. The van der Waals surface area contributed by atoms with Crippen LogP contribution in [0, 0.1) is 0 Å². The Kier molecular flexibility index (Phi) is 2.11. The van der Waals surface area contributed by atoms with Crippen LogP contribution in [0.25, 0.3) is 11.0 Å². The molecule has 88 valence electrons. The van der Waals surface area contributed by atoms with Gasteiger partial charge in [0, 0.05) is 25.3 Å². The van der Waals surface area contributed by atoms with Crippen LogP contribution < -0.4 is 10.5 Å². The monoisotopic (exact) mass is 231 g/mol. The molecule has 0 saturated heterocycles. The Labute approximate surface area is 98.1 Å². The number of anilines is 1. The molecule has 4 heteroatoms. The van der Waals surface area contributed by atoms with Gasteiger partial charge in [0.05, 0.1) is 11.5 Å². The van der Waals surface area contributed by atoms with Gasteiger partial charge in [-0.25, -0.2) is 4.79 Å². The molecule has 1 aromatic heterocycles. The second-order valence-electron chi connectivity index (χ2n) is 4.45. The van der Waals surface area contributed by atoms with Crippen molar-refractivity contribution in [1.82, 2.24) is 0 Å². The minimum absolute atomic E-state index is 0.00715. The Hall–Kier alpha value is -1.97. The van der Waals surface area contributed by atoms with E-state index in [2.05, 4.69) is 4.90 Å². The van der Waals surface area contributed by atoms with E-state index in [4.69, 9.17) is 4.42 Å². The quantitative estimate of drug-likeness (QED) is 0.703. The highest BCUT2D eigenvalue weighted by Crippen LogP contribution is 2.33. The molecule has 1 aliphatic heterocycles. The molecule has 0 bridgehead atoms. The average molecular weight is 231 g/mol. The highest BCUT2D eigenvalue weighted by atomic mass is 16.4. The molecule has 3 rings (SSSR count). The Morgan fingerprint density at radius 1 is 1.35 bits per heavy atom. The van der Waals surface area contributed by atoms with E-state index >= 15 is 0 Å². The number of benzene rings is 1. The summed E-state index contributed by atoms with van der Waals surface area (Å²) in [7, 11) is 2.02. The van der Waals surface area contributed by atoms with Crippen molar-refractivity contribution in [2.24, 2.45) is 0 Å². The third-order valence-electron chi connectivity index (χ3n) is 3.27. The molecule has 0 spiro atoms. The fraction of sp³-hybridized carbons (Fsp3) is 0.308. The van der Waals surface area contributed by atoms with Crippen molar-refractivity contribution in [1.29, 1.82) is 0 Å². The average Bonchev–Trinajstić information content (AvgIpc) is 2.28. The molecule has 0 saturated carbocycles. The number of aryl methyl sites for hydroxylation is 1. The third-order valence-corrected chi connectivity index (χ3v) is 3.27. The van der Waals surface area contributed by atoms with Gasteiger partial charge in [-0.3, -0.25) is 0 Å². The molecule has 0 aliphatic carbocycles. The zero-order valence-corrected chi connectivity index (χ0v) is 9.56. The van der Waals surface area contributed by atoms with Crippen molar-refractivity contribution in [2.75, 3.05) is 18.5 Å². The molecular weight excluding hydrogens is 218 g/mol. The summed E-state index contributed by atoms with van der Waals surface area (Å²) in [5, 5.41) is 10.4. The molecule has 17 heavy (non-hydrogen) atoms. The Morgan fingerprint density at radius 3 is 3.00 bits per heavy atom. The highest BCUT2D eigenvalue weighted by Gasteiger charge is 2.16. The van der Waals surface area contributed by atoms with Gasteiger partial charge in [-0.05, 0) is 24.5 Å². The molecule has 0 atom stereocenters. The van der Waals surface area contributed by atoms with E-state index < -0.39 is 5.63 Å². The van der Waals surface area contributed by atoms with E-state index in [1.807, 2.05) is 19.2 Å². The molecule has 0 radical (unpaired) electrons. The fourth-order valence-corrected chi connectivity index (χ4v) is 2.41. The van der Waals surface area contributed by atoms with Crippen LogP contribution in [0.1, 0.15) is 12.0 Å². The second kappa shape index (κ2) is 3.52. The predicted molar refractivity (Wildman–Crippen MR) is 65.7 cm³/mol. The van der Waals surface area contributed by atoms with E-state index in [-0.39, 0.29) is 5.75 Å². The molecule has 0 amide bonds. The first-order chi connectivity index (χ1) is 8.15. The van der Waals surface area contributed by atoms with Crippen LogP contribution >= 0.6 is 0 Å². The van der Waals surface area contributed by atoms with Crippen LogP contribution in [-0.4, -0.2) is 18.7 Å². The summed E-state index contributed by atoms with van der Waals surface area (Å²) in [6, 6.07) is 4.87. The van der Waals surface area contributed by atoms with Crippen LogP contribution in [0.2, 0.25) is 0 Å². The third kappa shape index (κ3) is 1.56. The van der Waals surface area contributed by atoms with E-state index in [1.54, 1.807) is 0 Å². The lowest BCUT2D eigenvalue weighted by Gasteiger charge is -2.27. The summed E-state index contributed by atoms with van der Waals surface area (Å²) in [5.74, 6) is -0.00715. The molecule has 1 N–H and O–H groups in total. The zero-order chi connectivity index (χ0) is 12.0. The van der Waals surface area contributed by atoms with E-state index in [9.17, 15) is 9.90 Å². The number of aromatic hydroxyl groups is 1. The summed E-state index contributed by atoms with van der Waals surface area (Å²) in [6.45, 7) is 1.00. The second-order valence-corrected chi connectivity index (χ2v) is 4.45. The van der Waals surface area contributed by atoms with Crippen LogP contribution in [-0.2, 0) is 6.42 Å². The van der Waals surface area contributed by atoms with Crippen molar-refractivity contribution >= 4 is 16.7 Å². The molecule has 2 aromatic rings. The number of nitrogens with zero attached hydrogens (tertiary/aromatic N) is 1. The lowest BCUT2D eigenvalue weighted by atomic mass is 10.00. The largest absolute Gasteiger partial charge is 0.507 e. The molecule has 1 aliphatic rings. The van der Waals surface area contributed by atoms with Crippen LogP contribution in [0.4, 0.5) is 5.69 Å². The summed E-state index contributed by atoms with van der Waals surface area (Å²) in [6.07, 6.45) is 2.10. The van der Waals surface area contributed by atoms with Crippen LogP contribution in [0.5, 0.6) is 5.75 Å². The van der Waals surface area contributed by atoms with Gasteiger partial charge in [-0.2, -0.15) is 0 Å². The molecule has 2 heterocycles. The van der Waals surface area contributed by atoms with Crippen LogP contribution in [0.3, 0.4) is 0 Å². The maximum atomic E-state index is 11.2.